The van der Waals surface area contributed by atoms with E-state index in [2.05, 4.69) is 15.3 Å². The zero-order valence-electron chi connectivity index (χ0n) is 14.7. The fourth-order valence-electron chi connectivity index (χ4n) is 2.61. The summed E-state index contributed by atoms with van der Waals surface area (Å²) in [6.45, 7) is 1.96. The molecule has 1 N–H and O–H groups in total. The highest BCUT2D eigenvalue weighted by Gasteiger charge is 2.34. The summed E-state index contributed by atoms with van der Waals surface area (Å²) in [5.74, 6) is 0.00394. The number of alkyl halides is 3. The van der Waals surface area contributed by atoms with Crippen LogP contribution in [-0.2, 0) is 10.9 Å². The molecule has 150 valence electrons. The van der Waals surface area contributed by atoms with Gasteiger partial charge >= 0.3 is 6.18 Å². The molecule has 0 unspecified atom stereocenters. The molecule has 0 saturated carbocycles. The van der Waals surface area contributed by atoms with Gasteiger partial charge in [0.25, 0.3) is 5.91 Å². The number of anilines is 2. The van der Waals surface area contributed by atoms with Crippen molar-refractivity contribution < 1.29 is 27.4 Å². The molecule has 0 atom stereocenters. The van der Waals surface area contributed by atoms with Crippen molar-refractivity contribution in [1.82, 2.24) is 14.9 Å². The monoisotopic (exact) mass is 416 g/mol. The molecule has 1 amide bonds. The Hall–Kier alpha value is -2.59. The van der Waals surface area contributed by atoms with E-state index in [9.17, 15) is 18.0 Å². The molecule has 1 aromatic heterocycles. The highest BCUT2D eigenvalue weighted by atomic mass is 35.5. The van der Waals surface area contributed by atoms with Gasteiger partial charge in [0, 0.05) is 24.8 Å². The Kier molecular flexibility index (Phi) is 5.90. The number of ether oxygens (including phenoxy) is 2. The quantitative estimate of drug-likeness (QED) is 0.770. The summed E-state index contributed by atoms with van der Waals surface area (Å²) < 4.78 is 48.8. The smallest absolute Gasteiger partial charge is 0.420 e. The summed E-state index contributed by atoms with van der Waals surface area (Å²) >= 11 is 5.60. The molecule has 1 saturated heterocycles. The average molecular weight is 417 g/mol. The van der Waals surface area contributed by atoms with E-state index in [0.29, 0.717) is 49.5 Å². The standard InChI is InChI=1S/C17H16ClF3N4O3/c1-27-13-8-10(15(26)25-4-6-28-7-5-25)2-3-12(13)23-16-22-9-11(14(18)24-16)17(19,20)21/h2-3,8-9H,4-7H2,1H3,(H,22,23,24). The van der Waals surface area contributed by atoms with Crippen molar-refractivity contribution in [2.45, 2.75) is 6.18 Å². The van der Waals surface area contributed by atoms with Crippen molar-refractivity contribution in [1.29, 1.82) is 0 Å². The number of benzene rings is 1. The van der Waals surface area contributed by atoms with Crippen LogP contribution < -0.4 is 10.1 Å². The number of amides is 1. The van der Waals surface area contributed by atoms with Crippen LogP contribution in [-0.4, -0.2) is 54.2 Å². The van der Waals surface area contributed by atoms with E-state index in [4.69, 9.17) is 21.1 Å². The first-order valence-electron chi connectivity index (χ1n) is 8.21. The van der Waals surface area contributed by atoms with Gasteiger partial charge in [-0.2, -0.15) is 13.2 Å². The van der Waals surface area contributed by atoms with Gasteiger partial charge in [0.2, 0.25) is 5.95 Å². The van der Waals surface area contributed by atoms with Gasteiger partial charge in [-0.15, -0.1) is 0 Å². The van der Waals surface area contributed by atoms with E-state index in [0.717, 1.165) is 0 Å². The highest BCUT2D eigenvalue weighted by molar-refractivity contribution is 6.30. The number of halogens is 4. The van der Waals surface area contributed by atoms with Crippen molar-refractivity contribution in [3.63, 3.8) is 0 Å². The minimum atomic E-state index is -4.64. The number of nitrogens with one attached hydrogen (secondary N) is 1. The van der Waals surface area contributed by atoms with E-state index in [1.807, 2.05) is 0 Å². The Morgan fingerprint density at radius 1 is 1.32 bits per heavy atom. The lowest BCUT2D eigenvalue weighted by molar-refractivity contribution is -0.137. The van der Waals surface area contributed by atoms with Crippen LogP contribution >= 0.6 is 11.6 Å². The van der Waals surface area contributed by atoms with Gasteiger partial charge in [0.05, 0.1) is 26.0 Å². The maximum absolute atomic E-state index is 12.8. The minimum absolute atomic E-state index is 0.136. The molecule has 11 heteroatoms. The second-order valence-corrected chi connectivity index (χ2v) is 6.20. The molecule has 7 nitrogen and oxygen atoms in total. The summed E-state index contributed by atoms with van der Waals surface area (Å²) in [7, 11) is 1.41. The summed E-state index contributed by atoms with van der Waals surface area (Å²) in [6, 6.07) is 4.67. The highest BCUT2D eigenvalue weighted by Crippen LogP contribution is 2.34. The fourth-order valence-corrected chi connectivity index (χ4v) is 2.84. The molecular formula is C17H16ClF3N4O3. The number of nitrogens with zero attached hydrogens (tertiary/aromatic N) is 3. The predicted octanol–water partition coefficient (Wildman–Crippen LogP) is 3.37. The number of aromatic nitrogens is 2. The molecule has 0 radical (unpaired) electrons. The van der Waals surface area contributed by atoms with Crippen LogP contribution in [0.25, 0.3) is 0 Å². The largest absolute Gasteiger partial charge is 0.495 e. The molecule has 0 aliphatic carbocycles. The second kappa shape index (κ2) is 8.19. The zero-order valence-corrected chi connectivity index (χ0v) is 15.5. The van der Waals surface area contributed by atoms with Crippen molar-refractivity contribution in [2.75, 3.05) is 38.7 Å². The van der Waals surface area contributed by atoms with Gasteiger partial charge in [-0.1, -0.05) is 11.6 Å². The maximum Gasteiger partial charge on any atom is 0.420 e. The van der Waals surface area contributed by atoms with E-state index in [1.165, 1.54) is 13.2 Å². The van der Waals surface area contributed by atoms with Gasteiger partial charge in [-0.25, -0.2) is 9.97 Å². The SMILES string of the molecule is COc1cc(C(=O)N2CCOCC2)ccc1Nc1ncc(C(F)(F)F)c(Cl)n1. The van der Waals surface area contributed by atoms with Crippen LogP contribution in [0.2, 0.25) is 5.15 Å². The maximum atomic E-state index is 12.8. The van der Waals surface area contributed by atoms with Crippen LogP contribution in [0.3, 0.4) is 0 Å². The van der Waals surface area contributed by atoms with Crippen molar-refractivity contribution in [3.8, 4) is 5.75 Å². The van der Waals surface area contributed by atoms with E-state index < -0.39 is 16.9 Å². The average Bonchev–Trinajstić information content (AvgIpc) is 2.67. The molecule has 2 heterocycles. The lowest BCUT2D eigenvalue weighted by atomic mass is 10.1. The van der Waals surface area contributed by atoms with Crippen LogP contribution in [0.1, 0.15) is 15.9 Å². The third-order valence-electron chi connectivity index (χ3n) is 4.04. The van der Waals surface area contributed by atoms with Crippen LogP contribution in [0.5, 0.6) is 5.75 Å². The predicted molar refractivity (Wildman–Crippen MR) is 95.0 cm³/mol. The van der Waals surface area contributed by atoms with E-state index >= 15 is 0 Å². The third kappa shape index (κ3) is 4.45. The van der Waals surface area contributed by atoms with Crippen molar-refractivity contribution in [3.05, 3.63) is 40.7 Å². The molecule has 0 bridgehead atoms. The first-order valence-corrected chi connectivity index (χ1v) is 8.59. The molecule has 3 rings (SSSR count). The summed E-state index contributed by atoms with van der Waals surface area (Å²) in [6.07, 6.45) is -4.05. The van der Waals surface area contributed by atoms with Gasteiger partial charge in [-0.05, 0) is 18.2 Å². The lowest BCUT2D eigenvalue weighted by Gasteiger charge is -2.27. The normalized spacial score (nSPS) is 14.7. The molecule has 1 aromatic carbocycles. The Labute approximate surface area is 163 Å². The van der Waals surface area contributed by atoms with Crippen molar-refractivity contribution in [2.24, 2.45) is 0 Å². The number of hydrogen-bond donors (Lipinski definition) is 1. The Morgan fingerprint density at radius 2 is 2.04 bits per heavy atom. The number of hydrogen-bond acceptors (Lipinski definition) is 6. The van der Waals surface area contributed by atoms with Gasteiger partial charge in [0.15, 0.2) is 0 Å². The zero-order chi connectivity index (χ0) is 20.3. The number of carbonyl (C=O) groups is 1. The number of carbonyl (C=O) groups excluding carboxylic acids is 1. The molecule has 0 spiro atoms. The Morgan fingerprint density at radius 3 is 2.64 bits per heavy atom. The molecule has 1 aliphatic rings. The minimum Gasteiger partial charge on any atom is -0.495 e. The van der Waals surface area contributed by atoms with Gasteiger partial charge in [0.1, 0.15) is 16.5 Å². The molecule has 2 aromatic rings. The summed E-state index contributed by atoms with van der Waals surface area (Å²) in [5, 5.41) is 2.03. The molecular weight excluding hydrogens is 401 g/mol. The van der Waals surface area contributed by atoms with E-state index in [1.54, 1.807) is 17.0 Å². The molecule has 28 heavy (non-hydrogen) atoms. The van der Waals surface area contributed by atoms with Crippen molar-refractivity contribution >= 4 is 29.1 Å². The Bertz CT molecular complexity index is 873. The topological polar surface area (TPSA) is 76.6 Å². The Balaban J connectivity index is 1.81. The van der Waals surface area contributed by atoms with Crippen LogP contribution in [0.4, 0.5) is 24.8 Å². The van der Waals surface area contributed by atoms with Gasteiger partial charge < -0.3 is 19.7 Å². The second-order valence-electron chi connectivity index (χ2n) is 5.84. The van der Waals surface area contributed by atoms with Gasteiger partial charge in [-0.3, -0.25) is 4.79 Å². The summed E-state index contributed by atoms with van der Waals surface area (Å²) in [4.78, 5) is 21.5. The summed E-state index contributed by atoms with van der Waals surface area (Å²) in [5.41, 5.74) is -0.342. The first kappa shape index (κ1) is 20.2. The number of rotatable bonds is 4. The lowest BCUT2D eigenvalue weighted by Crippen LogP contribution is -2.40. The van der Waals surface area contributed by atoms with E-state index in [-0.39, 0.29) is 11.9 Å². The molecule has 1 aliphatic heterocycles. The van der Waals surface area contributed by atoms with Crippen LogP contribution in [0, 0.1) is 0 Å². The third-order valence-corrected chi connectivity index (χ3v) is 4.33. The number of morpholine rings is 1. The molecule has 1 fully saturated rings. The van der Waals surface area contributed by atoms with Crippen LogP contribution in [0.15, 0.2) is 24.4 Å². The number of methoxy groups -OCH3 is 1. The first-order chi connectivity index (χ1) is 13.3. The fraction of sp³-hybridized carbons (Fsp3) is 0.353.